The maximum Gasteiger partial charge on any atom is 0.418 e. The second kappa shape index (κ2) is 6.96. The van der Waals surface area contributed by atoms with E-state index >= 15 is 0 Å². The molecule has 1 aromatic heterocycles. The van der Waals surface area contributed by atoms with Crippen molar-refractivity contribution in [2.24, 2.45) is 5.92 Å². The van der Waals surface area contributed by atoms with E-state index in [9.17, 15) is 13.2 Å². The summed E-state index contributed by atoms with van der Waals surface area (Å²) in [5, 5.41) is 9.07. The average Bonchev–Trinajstić information content (AvgIpc) is 2.74. The van der Waals surface area contributed by atoms with Crippen LogP contribution in [0.4, 0.5) is 13.2 Å². The molecule has 1 heterocycles. The molecule has 0 aromatic carbocycles. The van der Waals surface area contributed by atoms with E-state index in [0.717, 1.165) is 6.42 Å². The van der Waals surface area contributed by atoms with E-state index in [1.54, 1.807) is 4.57 Å². The van der Waals surface area contributed by atoms with E-state index in [4.69, 9.17) is 9.84 Å². The van der Waals surface area contributed by atoms with Crippen LogP contribution in [0.15, 0.2) is 18.5 Å². The van der Waals surface area contributed by atoms with Gasteiger partial charge in [-0.15, -0.1) is 0 Å². The van der Waals surface area contributed by atoms with Gasteiger partial charge in [-0.3, -0.25) is 0 Å². The third-order valence-corrected chi connectivity index (χ3v) is 2.73. The van der Waals surface area contributed by atoms with E-state index in [0.29, 0.717) is 25.7 Å². The molecule has 1 aromatic rings. The molecule has 1 rings (SSSR count). The fraction of sp³-hybridized carbons (Fsp3) is 0.692. The molecular weight excluding hydrogens is 259 g/mol. The van der Waals surface area contributed by atoms with Gasteiger partial charge in [-0.1, -0.05) is 13.8 Å². The van der Waals surface area contributed by atoms with Gasteiger partial charge in [0.1, 0.15) is 0 Å². The number of aliphatic hydroxyl groups excluding tert-OH is 1. The number of hydrogen-bond donors (Lipinski definition) is 1. The molecule has 0 radical (unpaired) electrons. The highest BCUT2D eigenvalue weighted by Crippen LogP contribution is 2.32. The SMILES string of the molecule is CC(C)CCOCCn1ccc(C(O)C(F)(F)F)c1. The van der Waals surface area contributed by atoms with Gasteiger partial charge in [0.2, 0.25) is 0 Å². The fourth-order valence-electron chi connectivity index (χ4n) is 1.54. The molecule has 0 saturated carbocycles. The predicted molar refractivity (Wildman–Crippen MR) is 65.7 cm³/mol. The van der Waals surface area contributed by atoms with Crippen LogP contribution in [0.3, 0.4) is 0 Å². The lowest BCUT2D eigenvalue weighted by molar-refractivity contribution is -0.206. The normalized spacial score (nSPS) is 14.1. The largest absolute Gasteiger partial charge is 0.418 e. The van der Waals surface area contributed by atoms with Crippen molar-refractivity contribution in [3.8, 4) is 0 Å². The van der Waals surface area contributed by atoms with Gasteiger partial charge < -0.3 is 14.4 Å². The maximum absolute atomic E-state index is 12.3. The molecule has 0 amide bonds. The summed E-state index contributed by atoms with van der Waals surface area (Å²) in [6.07, 6.45) is -3.28. The van der Waals surface area contributed by atoms with Gasteiger partial charge in [-0.25, -0.2) is 0 Å². The monoisotopic (exact) mass is 279 g/mol. The van der Waals surface area contributed by atoms with Crippen molar-refractivity contribution in [1.82, 2.24) is 4.57 Å². The van der Waals surface area contributed by atoms with Crippen molar-refractivity contribution in [2.75, 3.05) is 13.2 Å². The van der Waals surface area contributed by atoms with Gasteiger partial charge in [0, 0.05) is 31.1 Å². The molecule has 110 valence electrons. The van der Waals surface area contributed by atoms with Gasteiger partial charge in [0.05, 0.1) is 6.61 Å². The summed E-state index contributed by atoms with van der Waals surface area (Å²) in [5.41, 5.74) is -0.144. The van der Waals surface area contributed by atoms with Crippen LogP contribution in [0.25, 0.3) is 0 Å². The Kier molecular flexibility index (Phi) is 5.87. The first-order chi connectivity index (χ1) is 8.80. The fourth-order valence-corrected chi connectivity index (χ4v) is 1.54. The summed E-state index contributed by atoms with van der Waals surface area (Å²) < 4.78 is 43.8. The van der Waals surface area contributed by atoms with E-state index in [-0.39, 0.29) is 5.56 Å². The standard InChI is InChI=1S/C13H20F3NO2/c1-10(2)4-7-19-8-6-17-5-3-11(9-17)12(18)13(14,15)16/h3,5,9-10,12,18H,4,6-8H2,1-2H3. The van der Waals surface area contributed by atoms with Crippen molar-refractivity contribution in [2.45, 2.75) is 39.1 Å². The zero-order chi connectivity index (χ0) is 14.5. The summed E-state index contributed by atoms with van der Waals surface area (Å²) in [6.45, 7) is 5.77. The Balaban J connectivity index is 2.35. The van der Waals surface area contributed by atoms with Gasteiger partial charge in [-0.2, -0.15) is 13.2 Å². The molecule has 0 aliphatic carbocycles. The molecule has 0 bridgehead atoms. The molecule has 1 atom stereocenters. The van der Waals surface area contributed by atoms with Crippen LogP contribution < -0.4 is 0 Å². The molecule has 1 N–H and O–H groups in total. The summed E-state index contributed by atoms with van der Waals surface area (Å²) >= 11 is 0. The highest BCUT2D eigenvalue weighted by molar-refractivity contribution is 5.15. The minimum Gasteiger partial charge on any atom is -0.380 e. The van der Waals surface area contributed by atoms with E-state index in [2.05, 4.69) is 13.8 Å². The number of hydrogen-bond acceptors (Lipinski definition) is 2. The van der Waals surface area contributed by atoms with Crippen LogP contribution in [0.1, 0.15) is 31.9 Å². The summed E-state index contributed by atoms with van der Waals surface area (Å²) in [7, 11) is 0. The zero-order valence-corrected chi connectivity index (χ0v) is 11.2. The van der Waals surface area contributed by atoms with Gasteiger partial charge in [0.25, 0.3) is 0 Å². The lowest BCUT2D eigenvalue weighted by atomic mass is 10.1. The smallest absolute Gasteiger partial charge is 0.380 e. The van der Waals surface area contributed by atoms with E-state index < -0.39 is 12.3 Å². The molecule has 0 fully saturated rings. The summed E-state index contributed by atoms with van der Waals surface area (Å²) in [4.78, 5) is 0. The number of aromatic nitrogens is 1. The Bertz CT molecular complexity index is 374. The molecule has 6 heteroatoms. The Morgan fingerprint density at radius 3 is 2.58 bits per heavy atom. The molecule has 1 unspecified atom stereocenters. The number of alkyl halides is 3. The Morgan fingerprint density at radius 1 is 1.32 bits per heavy atom. The highest BCUT2D eigenvalue weighted by Gasteiger charge is 2.39. The number of halogens is 3. The van der Waals surface area contributed by atoms with E-state index in [1.807, 2.05) is 0 Å². The molecular formula is C13H20F3NO2. The van der Waals surface area contributed by atoms with Crippen LogP contribution in [-0.4, -0.2) is 29.1 Å². The first-order valence-corrected chi connectivity index (χ1v) is 6.29. The third kappa shape index (κ3) is 5.65. The predicted octanol–water partition coefficient (Wildman–Crippen LogP) is 3.15. The number of rotatable bonds is 7. The molecule has 0 saturated heterocycles. The molecule has 0 spiro atoms. The quantitative estimate of drug-likeness (QED) is 0.778. The minimum absolute atomic E-state index is 0.144. The van der Waals surface area contributed by atoms with Crippen molar-refractivity contribution >= 4 is 0 Å². The van der Waals surface area contributed by atoms with Crippen LogP contribution in [0, 0.1) is 5.92 Å². The highest BCUT2D eigenvalue weighted by atomic mass is 19.4. The molecule has 19 heavy (non-hydrogen) atoms. The molecule has 0 aliphatic rings. The second-order valence-corrected chi connectivity index (χ2v) is 4.92. The zero-order valence-electron chi connectivity index (χ0n) is 11.2. The van der Waals surface area contributed by atoms with Crippen LogP contribution in [-0.2, 0) is 11.3 Å². The summed E-state index contributed by atoms with van der Waals surface area (Å²) in [6, 6.07) is 1.27. The maximum atomic E-state index is 12.3. The summed E-state index contributed by atoms with van der Waals surface area (Å²) in [5.74, 6) is 0.570. The number of ether oxygens (including phenoxy) is 1. The van der Waals surface area contributed by atoms with Crippen LogP contribution in [0.2, 0.25) is 0 Å². The Morgan fingerprint density at radius 2 is 2.00 bits per heavy atom. The van der Waals surface area contributed by atoms with Gasteiger partial charge >= 0.3 is 6.18 Å². The Hall–Kier alpha value is -1.01. The van der Waals surface area contributed by atoms with Crippen LogP contribution >= 0.6 is 0 Å². The van der Waals surface area contributed by atoms with Crippen molar-refractivity contribution in [1.29, 1.82) is 0 Å². The minimum atomic E-state index is -4.63. The topological polar surface area (TPSA) is 34.4 Å². The van der Waals surface area contributed by atoms with Crippen molar-refractivity contribution < 1.29 is 23.0 Å². The lowest BCUT2D eigenvalue weighted by Crippen LogP contribution is -2.19. The average molecular weight is 279 g/mol. The second-order valence-electron chi connectivity index (χ2n) is 4.92. The number of nitrogens with zero attached hydrogens (tertiary/aromatic N) is 1. The van der Waals surface area contributed by atoms with Crippen molar-refractivity contribution in [3.05, 3.63) is 24.0 Å². The molecule has 0 aliphatic heterocycles. The third-order valence-electron chi connectivity index (χ3n) is 2.73. The first kappa shape index (κ1) is 16.0. The Labute approximate surface area is 111 Å². The number of aliphatic hydroxyl groups is 1. The van der Waals surface area contributed by atoms with Gasteiger partial charge in [-0.05, 0) is 18.4 Å². The first-order valence-electron chi connectivity index (χ1n) is 6.29. The lowest BCUT2D eigenvalue weighted by Gasteiger charge is -2.12. The van der Waals surface area contributed by atoms with Crippen molar-refractivity contribution in [3.63, 3.8) is 0 Å². The molecule has 3 nitrogen and oxygen atoms in total. The van der Waals surface area contributed by atoms with E-state index in [1.165, 1.54) is 18.5 Å². The van der Waals surface area contributed by atoms with Gasteiger partial charge in [0.15, 0.2) is 6.10 Å². The van der Waals surface area contributed by atoms with Crippen LogP contribution in [0.5, 0.6) is 0 Å².